The van der Waals surface area contributed by atoms with E-state index in [0.717, 1.165) is 37.2 Å². The van der Waals surface area contributed by atoms with Gasteiger partial charge in [0.2, 0.25) is 0 Å². The first-order chi connectivity index (χ1) is 10.2. The third-order valence-corrected chi connectivity index (χ3v) is 5.48. The number of fused-ring (bicyclic) bond motifs is 1. The molecule has 4 heteroatoms. The van der Waals surface area contributed by atoms with Gasteiger partial charge >= 0.3 is 0 Å². The van der Waals surface area contributed by atoms with Gasteiger partial charge in [0.25, 0.3) is 0 Å². The summed E-state index contributed by atoms with van der Waals surface area (Å²) in [6.07, 6.45) is 6.70. The smallest absolute Gasteiger partial charge is 0.122 e. The minimum atomic E-state index is 0.147. The second kappa shape index (κ2) is 6.51. The lowest BCUT2D eigenvalue weighted by molar-refractivity contribution is 0.00928. The van der Waals surface area contributed by atoms with E-state index < -0.39 is 0 Å². The number of hydrogen-bond donors (Lipinski definition) is 1. The van der Waals surface area contributed by atoms with Crippen molar-refractivity contribution < 1.29 is 4.42 Å². The quantitative estimate of drug-likeness (QED) is 0.925. The van der Waals surface area contributed by atoms with Crippen molar-refractivity contribution in [1.82, 2.24) is 9.80 Å². The zero-order chi connectivity index (χ0) is 14.8. The van der Waals surface area contributed by atoms with Gasteiger partial charge in [-0.2, -0.15) is 0 Å². The van der Waals surface area contributed by atoms with Crippen LogP contribution in [0.4, 0.5) is 0 Å². The fourth-order valence-corrected chi connectivity index (χ4v) is 4.28. The molecule has 0 spiro atoms. The normalized spacial score (nSPS) is 30.8. The lowest BCUT2D eigenvalue weighted by Gasteiger charge is -2.48. The molecule has 2 aliphatic rings. The molecule has 0 bridgehead atoms. The molecule has 0 amide bonds. The predicted octanol–water partition coefficient (Wildman–Crippen LogP) is 2.47. The molecule has 1 aromatic rings. The van der Waals surface area contributed by atoms with E-state index in [1.54, 1.807) is 6.26 Å². The third kappa shape index (κ3) is 3.03. The Morgan fingerprint density at radius 2 is 2.24 bits per heavy atom. The Hall–Kier alpha value is -0.840. The molecule has 1 aromatic heterocycles. The Kier molecular flexibility index (Phi) is 4.67. The van der Waals surface area contributed by atoms with Crippen LogP contribution in [0.2, 0.25) is 0 Å². The summed E-state index contributed by atoms with van der Waals surface area (Å²) in [5.41, 5.74) is 6.42. The van der Waals surface area contributed by atoms with Crippen LogP contribution in [0.25, 0.3) is 0 Å². The summed E-state index contributed by atoms with van der Waals surface area (Å²) in [5, 5.41) is 0. The number of nitrogens with two attached hydrogens (primary N) is 1. The molecule has 0 aromatic carbocycles. The molecule has 118 valence electrons. The molecule has 4 unspecified atom stereocenters. The topological polar surface area (TPSA) is 45.6 Å². The number of nitrogens with zero attached hydrogens (tertiary/aromatic N) is 2. The Labute approximate surface area is 128 Å². The van der Waals surface area contributed by atoms with E-state index in [2.05, 4.69) is 29.8 Å². The summed E-state index contributed by atoms with van der Waals surface area (Å²) in [7, 11) is 2.29. The van der Waals surface area contributed by atoms with Crippen molar-refractivity contribution in [1.29, 1.82) is 0 Å². The maximum Gasteiger partial charge on any atom is 0.122 e. The van der Waals surface area contributed by atoms with E-state index >= 15 is 0 Å². The molecule has 3 rings (SSSR count). The fourth-order valence-electron chi connectivity index (χ4n) is 4.28. The third-order valence-electron chi connectivity index (χ3n) is 5.48. The number of likely N-dealkylation sites (tertiary alicyclic amines) is 2. The van der Waals surface area contributed by atoms with Crippen LogP contribution in [0.5, 0.6) is 0 Å². The van der Waals surface area contributed by atoms with Gasteiger partial charge in [-0.3, -0.25) is 4.90 Å². The van der Waals surface area contributed by atoms with E-state index in [0.29, 0.717) is 0 Å². The van der Waals surface area contributed by atoms with E-state index in [4.69, 9.17) is 10.2 Å². The van der Waals surface area contributed by atoms with Crippen LogP contribution in [0.3, 0.4) is 0 Å². The van der Waals surface area contributed by atoms with E-state index in [-0.39, 0.29) is 12.1 Å². The van der Waals surface area contributed by atoms with Gasteiger partial charge in [0, 0.05) is 25.2 Å². The monoisotopic (exact) mass is 291 g/mol. The first-order valence-corrected chi connectivity index (χ1v) is 8.44. The van der Waals surface area contributed by atoms with Crippen LogP contribution >= 0.6 is 0 Å². The molecule has 2 fully saturated rings. The number of rotatable bonds is 4. The predicted molar refractivity (Wildman–Crippen MR) is 85.0 cm³/mol. The van der Waals surface area contributed by atoms with Crippen molar-refractivity contribution in [3.05, 3.63) is 24.2 Å². The number of piperidine rings is 2. The van der Waals surface area contributed by atoms with Crippen LogP contribution in [0, 0.1) is 5.92 Å². The largest absolute Gasteiger partial charge is 0.468 e. The summed E-state index contributed by atoms with van der Waals surface area (Å²) >= 11 is 0. The molecular weight excluding hydrogens is 262 g/mol. The van der Waals surface area contributed by atoms with Crippen LogP contribution in [0.15, 0.2) is 22.8 Å². The zero-order valence-corrected chi connectivity index (χ0v) is 13.4. The van der Waals surface area contributed by atoms with E-state index in [9.17, 15) is 0 Å². The fraction of sp³-hybridized carbons (Fsp3) is 0.765. The van der Waals surface area contributed by atoms with Gasteiger partial charge in [-0.15, -0.1) is 0 Å². The molecule has 4 nitrogen and oxygen atoms in total. The van der Waals surface area contributed by atoms with E-state index in [1.807, 2.05) is 6.07 Å². The maximum atomic E-state index is 6.42. The van der Waals surface area contributed by atoms with Gasteiger partial charge in [-0.25, -0.2) is 0 Å². The van der Waals surface area contributed by atoms with Crippen LogP contribution in [0.1, 0.15) is 44.4 Å². The molecule has 0 saturated carbocycles. The minimum Gasteiger partial charge on any atom is -0.468 e. The van der Waals surface area contributed by atoms with Crippen molar-refractivity contribution in [2.24, 2.45) is 11.7 Å². The van der Waals surface area contributed by atoms with Gasteiger partial charge in [0.1, 0.15) is 5.76 Å². The molecule has 2 N–H and O–H groups in total. The molecule has 4 atom stereocenters. The lowest BCUT2D eigenvalue weighted by Crippen LogP contribution is -2.55. The van der Waals surface area contributed by atoms with Gasteiger partial charge in [0.05, 0.1) is 12.3 Å². The summed E-state index contributed by atoms with van der Waals surface area (Å²) in [5.74, 6) is 1.82. The number of furan rings is 1. The molecule has 2 aliphatic heterocycles. The molecule has 2 saturated heterocycles. The summed E-state index contributed by atoms with van der Waals surface area (Å²) in [6, 6.07) is 5.21. The molecule has 0 radical (unpaired) electrons. The van der Waals surface area contributed by atoms with E-state index in [1.165, 1.54) is 25.8 Å². The summed E-state index contributed by atoms with van der Waals surface area (Å²) in [6.45, 7) is 5.72. The van der Waals surface area contributed by atoms with Crippen molar-refractivity contribution in [2.75, 3.05) is 26.7 Å². The summed E-state index contributed by atoms with van der Waals surface area (Å²) < 4.78 is 5.70. The first kappa shape index (κ1) is 15.1. The molecular formula is C17H29N3O. The Morgan fingerprint density at radius 1 is 1.38 bits per heavy atom. The first-order valence-electron chi connectivity index (χ1n) is 8.44. The van der Waals surface area contributed by atoms with Crippen LogP contribution < -0.4 is 5.73 Å². The molecule has 21 heavy (non-hydrogen) atoms. The Balaban J connectivity index is 1.75. The van der Waals surface area contributed by atoms with Crippen LogP contribution in [-0.4, -0.2) is 48.6 Å². The maximum absolute atomic E-state index is 6.42. The average molecular weight is 291 g/mol. The average Bonchev–Trinajstić information content (AvgIpc) is 3.01. The lowest BCUT2D eigenvalue weighted by atomic mass is 9.83. The highest BCUT2D eigenvalue weighted by atomic mass is 16.3. The van der Waals surface area contributed by atoms with Gasteiger partial charge in [-0.05, 0) is 57.3 Å². The second-order valence-electron chi connectivity index (χ2n) is 6.77. The van der Waals surface area contributed by atoms with Gasteiger partial charge < -0.3 is 15.1 Å². The highest BCUT2D eigenvalue weighted by molar-refractivity contribution is 5.09. The van der Waals surface area contributed by atoms with Gasteiger partial charge in [-0.1, -0.05) is 6.92 Å². The van der Waals surface area contributed by atoms with Crippen molar-refractivity contribution in [3.63, 3.8) is 0 Å². The Morgan fingerprint density at radius 3 is 2.95 bits per heavy atom. The van der Waals surface area contributed by atoms with Crippen molar-refractivity contribution in [3.8, 4) is 0 Å². The molecule has 3 heterocycles. The zero-order valence-electron chi connectivity index (χ0n) is 13.4. The second-order valence-corrected chi connectivity index (χ2v) is 6.77. The summed E-state index contributed by atoms with van der Waals surface area (Å²) in [4.78, 5) is 5.14. The van der Waals surface area contributed by atoms with Crippen molar-refractivity contribution >= 4 is 0 Å². The Bertz CT molecular complexity index is 433. The highest BCUT2D eigenvalue weighted by Crippen LogP contribution is 2.35. The SMILES string of the molecule is CCC(N)C(c1ccco1)N1CCC2C(CCCN2C)C1. The van der Waals surface area contributed by atoms with Crippen LogP contribution in [-0.2, 0) is 0 Å². The minimum absolute atomic E-state index is 0.147. The standard InChI is InChI=1S/C17H29N3O/c1-3-14(18)17(16-7-5-11-21-16)20-10-8-15-13(12-20)6-4-9-19(15)2/h5,7,11,13-15,17H,3-4,6,8-10,12,18H2,1-2H3. The van der Waals surface area contributed by atoms with Gasteiger partial charge in [0.15, 0.2) is 0 Å². The number of hydrogen-bond acceptors (Lipinski definition) is 4. The van der Waals surface area contributed by atoms with Crippen molar-refractivity contribution in [2.45, 2.75) is 50.7 Å². The highest BCUT2D eigenvalue weighted by Gasteiger charge is 2.38. The molecule has 0 aliphatic carbocycles.